The molecule has 0 aliphatic carbocycles. The van der Waals surface area contributed by atoms with E-state index in [2.05, 4.69) is 287 Å². The maximum absolute atomic E-state index is 7.38. The number of hydrogen-bond acceptors (Lipinski definition) is 4. The van der Waals surface area contributed by atoms with Crippen LogP contribution in [0.3, 0.4) is 0 Å². The predicted molar refractivity (Wildman–Crippen MR) is 309 cm³/mol. The summed E-state index contributed by atoms with van der Waals surface area (Å²) in [6.45, 7) is 30.6. The van der Waals surface area contributed by atoms with E-state index in [9.17, 15) is 0 Å². The Morgan fingerprint density at radius 2 is 0.986 bits per heavy atom. The summed E-state index contributed by atoms with van der Waals surface area (Å²) < 4.78 is 9.72. The van der Waals surface area contributed by atoms with Crippen LogP contribution in [0.15, 0.2) is 188 Å². The van der Waals surface area contributed by atoms with Crippen LogP contribution in [0.5, 0.6) is 11.5 Å². The molecule has 73 heavy (non-hydrogen) atoms. The van der Waals surface area contributed by atoms with Gasteiger partial charge in [0.1, 0.15) is 17.3 Å². The maximum Gasteiger partial charge on any atom is 0.137 e. The molecule has 0 spiro atoms. The molecule has 0 unspecified atom stereocenters. The highest BCUT2D eigenvalue weighted by atomic mass is 16.5. The van der Waals surface area contributed by atoms with Crippen molar-refractivity contribution in [3.8, 4) is 17.3 Å². The van der Waals surface area contributed by atoms with Crippen LogP contribution in [0.2, 0.25) is 0 Å². The lowest BCUT2D eigenvalue weighted by Gasteiger charge is -2.31. The predicted octanol–water partition coefficient (Wildman–Crippen LogP) is 17.8. The first-order chi connectivity index (χ1) is 34.6. The van der Waals surface area contributed by atoms with E-state index in [1.54, 1.807) is 0 Å². The quantitative estimate of drug-likeness (QED) is 0.137. The zero-order valence-corrected chi connectivity index (χ0v) is 45.3. The normalized spacial score (nSPS) is 13.8. The van der Waals surface area contributed by atoms with Crippen molar-refractivity contribution < 1.29 is 4.74 Å². The summed E-state index contributed by atoms with van der Waals surface area (Å²) in [6.07, 6.45) is 4.30. The minimum atomic E-state index is -0.356. The SMILES string of the molecule is CC(C)(C)c1cc(N2C=C(c3ccccc3)N(c3cc(Oc4cc(C(C)(C)C)c5c6ccccc6n(-c6cc(C(C)(C)c7ccccc7)ccn6)c5c4)cc(C(C)(C)c4ccccc4)c3)C2)cc(C(C)(C)C)c1. The molecule has 1 aliphatic rings. The van der Waals surface area contributed by atoms with Crippen molar-refractivity contribution in [2.45, 2.75) is 117 Å². The standard InChI is InChI=1S/C68H72N4O/c1-64(2,3)50-35-51(65(4,5)6)37-53(36-50)70-44-61(46-25-17-14-18-26-46)71(45-70)54-38-52(68(12,13)48-29-21-16-22-30-48)39-55(41-54)73-56-42-58(66(7,8)9)63-57-31-23-24-32-59(57)72(60(63)43-56)62-40-49(33-34-69-62)67(10,11)47-27-19-15-20-28-47/h14-44H,45H2,1-13H3. The van der Waals surface area contributed by atoms with E-state index in [4.69, 9.17) is 9.72 Å². The summed E-state index contributed by atoms with van der Waals surface area (Å²) in [7, 11) is 0. The van der Waals surface area contributed by atoms with Gasteiger partial charge in [-0.05, 0) is 109 Å². The number of para-hydroxylation sites is 1. The van der Waals surface area contributed by atoms with E-state index >= 15 is 0 Å². The van der Waals surface area contributed by atoms with Gasteiger partial charge in [0.05, 0.1) is 23.4 Å². The number of benzene rings is 7. The highest BCUT2D eigenvalue weighted by molar-refractivity contribution is 6.11. The Labute approximate surface area is 434 Å². The highest BCUT2D eigenvalue weighted by Crippen LogP contribution is 2.46. The first kappa shape index (κ1) is 49.2. The van der Waals surface area contributed by atoms with E-state index in [1.165, 1.54) is 49.8 Å². The Morgan fingerprint density at radius 3 is 1.59 bits per heavy atom. The van der Waals surface area contributed by atoms with Crippen LogP contribution in [0.25, 0.3) is 33.3 Å². The van der Waals surface area contributed by atoms with Gasteiger partial charge in [0.25, 0.3) is 0 Å². The van der Waals surface area contributed by atoms with Crippen LogP contribution in [0.1, 0.15) is 135 Å². The van der Waals surface area contributed by atoms with Gasteiger partial charge in [-0.3, -0.25) is 4.57 Å². The molecule has 0 radical (unpaired) electrons. The van der Waals surface area contributed by atoms with Crippen LogP contribution in [0, 0.1) is 0 Å². The maximum atomic E-state index is 7.38. The number of aromatic nitrogens is 2. The van der Waals surface area contributed by atoms with Gasteiger partial charge in [0, 0.05) is 57.5 Å². The molecule has 9 aromatic rings. The van der Waals surface area contributed by atoms with E-state index in [1.807, 2.05) is 6.20 Å². The Kier molecular flexibility index (Phi) is 12.3. The first-order valence-corrected chi connectivity index (χ1v) is 26.0. The lowest BCUT2D eigenvalue weighted by Crippen LogP contribution is -2.28. The van der Waals surface area contributed by atoms with Crippen LogP contribution < -0.4 is 14.5 Å². The molecule has 5 nitrogen and oxygen atoms in total. The number of fused-ring (bicyclic) bond motifs is 3. The Bertz CT molecular complexity index is 3470. The fourth-order valence-electron chi connectivity index (χ4n) is 10.6. The van der Waals surface area contributed by atoms with E-state index in [0.29, 0.717) is 6.67 Å². The number of anilines is 2. The number of nitrogens with zero attached hydrogens (tertiary/aromatic N) is 4. The van der Waals surface area contributed by atoms with Gasteiger partial charge in [-0.1, -0.05) is 205 Å². The van der Waals surface area contributed by atoms with Crippen molar-refractivity contribution >= 4 is 38.9 Å². The van der Waals surface area contributed by atoms with Crippen LogP contribution in [-0.4, -0.2) is 16.2 Å². The average molecular weight is 961 g/mol. The molecule has 0 saturated carbocycles. The first-order valence-electron chi connectivity index (χ1n) is 26.0. The molecule has 0 N–H and O–H groups in total. The number of pyridine rings is 1. The van der Waals surface area contributed by atoms with Crippen molar-refractivity contribution in [3.63, 3.8) is 0 Å². The second-order valence-electron chi connectivity index (χ2n) is 24.4. The van der Waals surface area contributed by atoms with Gasteiger partial charge >= 0.3 is 0 Å². The van der Waals surface area contributed by atoms with Crippen molar-refractivity contribution in [3.05, 3.63) is 233 Å². The van der Waals surface area contributed by atoms with E-state index < -0.39 is 0 Å². The van der Waals surface area contributed by atoms with Gasteiger partial charge in [-0.2, -0.15) is 0 Å². The third-order valence-corrected chi connectivity index (χ3v) is 15.3. The highest BCUT2D eigenvalue weighted by Gasteiger charge is 2.32. The summed E-state index contributed by atoms with van der Waals surface area (Å²) in [5.41, 5.74) is 14.6. The van der Waals surface area contributed by atoms with E-state index in [0.717, 1.165) is 50.9 Å². The second-order valence-corrected chi connectivity index (χ2v) is 24.4. The molecule has 370 valence electrons. The lowest BCUT2D eigenvalue weighted by molar-refractivity contribution is 0.477. The molecule has 5 heteroatoms. The summed E-state index contributed by atoms with van der Waals surface area (Å²) in [5.74, 6) is 2.43. The summed E-state index contributed by atoms with van der Waals surface area (Å²) in [5, 5.41) is 2.41. The van der Waals surface area contributed by atoms with Crippen molar-refractivity contribution in [2.24, 2.45) is 0 Å². The molecule has 2 aromatic heterocycles. The Balaban J connectivity index is 1.15. The van der Waals surface area contributed by atoms with E-state index in [-0.39, 0.29) is 27.1 Å². The summed E-state index contributed by atoms with van der Waals surface area (Å²) in [4.78, 5) is 10.0. The molecule has 0 fully saturated rings. The molecular formula is C68H72N4O. The van der Waals surface area contributed by atoms with Crippen LogP contribution >= 0.6 is 0 Å². The number of rotatable bonds is 10. The minimum absolute atomic E-state index is 0.0188. The third-order valence-electron chi connectivity index (χ3n) is 15.3. The molecular weight excluding hydrogens is 889 g/mol. The van der Waals surface area contributed by atoms with Gasteiger partial charge in [0.15, 0.2) is 0 Å². The molecule has 7 aromatic carbocycles. The van der Waals surface area contributed by atoms with Crippen molar-refractivity contribution in [1.29, 1.82) is 0 Å². The smallest absolute Gasteiger partial charge is 0.137 e. The molecule has 0 atom stereocenters. The van der Waals surface area contributed by atoms with Crippen LogP contribution in [0.4, 0.5) is 11.4 Å². The molecule has 0 amide bonds. The summed E-state index contributed by atoms with van der Waals surface area (Å²) >= 11 is 0. The lowest BCUT2D eigenvalue weighted by atomic mass is 9.78. The molecule has 3 heterocycles. The fraction of sp³-hybridized carbons (Fsp3) is 0.279. The van der Waals surface area contributed by atoms with Crippen molar-refractivity contribution in [1.82, 2.24) is 9.55 Å². The van der Waals surface area contributed by atoms with Gasteiger partial charge in [-0.15, -0.1) is 0 Å². The number of hydrogen-bond donors (Lipinski definition) is 0. The zero-order chi connectivity index (χ0) is 51.7. The third kappa shape index (κ3) is 9.47. The fourth-order valence-corrected chi connectivity index (χ4v) is 10.6. The summed E-state index contributed by atoms with van der Waals surface area (Å²) in [6, 6.07) is 64.2. The molecule has 1 aliphatic heterocycles. The molecule has 0 saturated heterocycles. The topological polar surface area (TPSA) is 33.5 Å². The Hall–Kier alpha value is -7.37. The molecule has 10 rings (SSSR count). The average Bonchev–Trinajstić information content (AvgIpc) is 3.97. The van der Waals surface area contributed by atoms with Gasteiger partial charge in [0.2, 0.25) is 0 Å². The second kappa shape index (κ2) is 18.3. The minimum Gasteiger partial charge on any atom is -0.457 e. The van der Waals surface area contributed by atoms with Gasteiger partial charge < -0.3 is 14.5 Å². The Morgan fingerprint density at radius 1 is 0.438 bits per heavy atom. The van der Waals surface area contributed by atoms with Gasteiger partial charge in [-0.25, -0.2) is 4.98 Å². The largest absolute Gasteiger partial charge is 0.457 e. The van der Waals surface area contributed by atoms with Crippen LogP contribution in [-0.2, 0) is 27.1 Å². The monoisotopic (exact) mass is 961 g/mol. The number of ether oxygens (including phenoxy) is 1. The van der Waals surface area contributed by atoms with Crippen molar-refractivity contribution in [2.75, 3.05) is 16.5 Å². The molecule has 0 bridgehead atoms. The zero-order valence-electron chi connectivity index (χ0n) is 45.3.